The van der Waals surface area contributed by atoms with Crippen LogP contribution in [0.15, 0.2) is 18.5 Å². The molecule has 6 heteroatoms. The van der Waals surface area contributed by atoms with Gasteiger partial charge in [-0.25, -0.2) is 4.79 Å². The van der Waals surface area contributed by atoms with Gasteiger partial charge in [0.2, 0.25) is 0 Å². The maximum Gasteiger partial charge on any atom is 0.317 e. The number of amides is 2. The fourth-order valence-electron chi connectivity index (χ4n) is 2.81. The first-order valence-corrected chi connectivity index (χ1v) is 8.41. The van der Waals surface area contributed by atoms with E-state index < -0.39 is 0 Å². The minimum Gasteiger partial charge on any atom is -0.396 e. The molecular formula is C17H28N4O2. The zero-order valence-electron chi connectivity index (χ0n) is 14.2. The van der Waals surface area contributed by atoms with Crippen molar-refractivity contribution in [1.29, 1.82) is 0 Å². The summed E-state index contributed by atoms with van der Waals surface area (Å²) in [5.74, 6) is 0.226. The number of aliphatic hydroxyl groups excluding tert-OH is 1. The molecule has 2 heterocycles. The van der Waals surface area contributed by atoms with Crippen LogP contribution in [0.4, 0.5) is 10.5 Å². The average molecular weight is 320 g/mol. The zero-order valence-corrected chi connectivity index (χ0v) is 14.2. The van der Waals surface area contributed by atoms with Gasteiger partial charge in [-0.2, -0.15) is 0 Å². The number of aliphatic hydroxyl groups is 1. The lowest BCUT2D eigenvalue weighted by Gasteiger charge is -2.25. The summed E-state index contributed by atoms with van der Waals surface area (Å²) in [4.78, 5) is 20.6. The van der Waals surface area contributed by atoms with Gasteiger partial charge in [0.05, 0.1) is 0 Å². The highest BCUT2D eigenvalue weighted by molar-refractivity contribution is 5.74. The fraction of sp³-hybridized carbons (Fsp3) is 0.647. The van der Waals surface area contributed by atoms with Crippen molar-refractivity contribution >= 4 is 11.7 Å². The number of carbonyl (C=O) groups excluding carboxylic acids is 1. The van der Waals surface area contributed by atoms with Crippen LogP contribution < -0.4 is 10.2 Å². The Bertz CT molecular complexity index is 509. The lowest BCUT2D eigenvalue weighted by Crippen LogP contribution is -2.42. The number of nitrogens with one attached hydrogen (secondary N) is 1. The van der Waals surface area contributed by atoms with Crippen molar-refractivity contribution in [2.45, 2.75) is 26.7 Å². The molecule has 6 nitrogen and oxygen atoms in total. The summed E-state index contributed by atoms with van der Waals surface area (Å²) < 4.78 is 0. The summed E-state index contributed by atoms with van der Waals surface area (Å²) in [6, 6.07) is 2.05. The zero-order chi connectivity index (χ0) is 16.7. The number of hydrogen-bond donors (Lipinski definition) is 2. The van der Waals surface area contributed by atoms with E-state index in [9.17, 15) is 4.79 Å². The average Bonchev–Trinajstić information content (AvgIpc) is 2.81. The summed E-state index contributed by atoms with van der Waals surface area (Å²) >= 11 is 0. The van der Waals surface area contributed by atoms with Gasteiger partial charge >= 0.3 is 6.03 Å². The predicted molar refractivity (Wildman–Crippen MR) is 91.6 cm³/mol. The Morgan fingerprint density at radius 3 is 2.96 bits per heavy atom. The van der Waals surface area contributed by atoms with E-state index in [1.807, 2.05) is 30.3 Å². The first kappa shape index (κ1) is 17.5. The maximum atomic E-state index is 12.3. The van der Waals surface area contributed by atoms with Crippen molar-refractivity contribution in [3.63, 3.8) is 0 Å². The molecule has 1 aliphatic heterocycles. The Balaban J connectivity index is 1.84. The van der Waals surface area contributed by atoms with Crippen LogP contribution in [-0.2, 0) is 0 Å². The molecule has 0 spiro atoms. The third-order valence-electron chi connectivity index (χ3n) is 4.34. The molecule has 23 heavy (non-hydrogen) atoms. The van der Waals surface area contributed by atoms with Gasteiger partial charge in [-0.15, -0.1) is 0 Å². The number of pyridine rings is 1. The number of aromatic nitrogens is 1. The number of rotatable bonds is 5. The molecule has 1 fully saturated rings. The molecule has 0 aromatic carbocycles. The van der Waals surface area contributed by atoms with Crippen LogP contribution in [0.5, 0.6) is 0 Å². The Kier molecular flexibility index (Phi) is 6.65. The van der Waals surface area contributed by atoms with Crippen LogP contribution in [0.1, 0.15) is 25.3 Å². The van der Waals surface area contributed by atoms with E-state index in [2.05, 4.69) is 22.1 Å². The molecule has 1 atom stereocenters. The first-order valence-electron chi connectivity index (χ1n) is 8.41. The van der Waals surface area contributed by atoms with Gasteiger partial charge < -0.3 is 20.2 Å². The quantitative estimate of drug-likeness (QED) is 0.865. The standard InChI is InChI=1S/C17H28N4O2/c1-14(13-22)4-7-19-17(23)21-9-3-8-20(10-11-21)16-5-6-18-12-15(16)2/h5-6,12,14,22H,3-4,7-11,13H2,1-2H3,(H,19,23)/t14-/m0/s1. The van der Waals surface area contributed by atoms with Crippen LogP contribution in [-0.4, -0.2) is 60.4 Å². The second kappa shape index (κ2) is 8.72. The van der Waals surface area contributed by atoms with E-state index in [0.717, 1.165) is 39.0 Å². The molecule has 0 radical (unpaired) electrons. The highest BCUT2D eigenvalue weighted by Crippen LogP contribution is 2.19. The number of hydrogen-bond acceptors (Lipinski definition) is 4. The summed E-state index contributed by atoms with van der Waals surface area (Å²) in [5, 5.41) is 12.0. The van der Waals surface area contributed by atoms with E-state index in [-0.39, 0.29) is 18.6 Å². The monoisotopic (exact) mass is 320 g/mol. The molecule has 1 aliphatic rings. The Morgan fingerprint density at radius 1 is 1.39 bits per heavy atom. The van der Waals surface area contributed by atoms with E-state index in [0.29, 0.717) is 6.54 Å². The largest absolute Gasteiger partial charge is 0.396 e. The Labute approximate surface area is 138 Å². The van der Waals surface area contributed by atoms with Gasteiger partial charge in [0.25, 0.3) is 0 Å². The minimum atomic E-state index is 0.00319. The Hall–Kier alpha value is -1.82. The number of urea groups is 1. The lowest BCUT2D eigenvalue weighted by molar-refractivity contribution is 0.197. The van der Waals surface area contributed by atoms with Crippen LogP contribution in [0.25, 0.3) is 0 Å². The summed E-state index contributed by atoms with van der Waals surface area (Å²) in [7, 11) is 0. The maximum absolute atomic E-state index is 12.3. The van der Waals surface area contributed by atoms with Crippen LogP contribution in [0, 0.1) is 12.8 Å². The molecule has 0 saturated carbocycles. The number of anilines is 1. The molecule has 2 amide bonds. The van der Waals surface area contributed by atoms with Crippen molar-refractivity contribution in [3.05, 3.63) is 24.0 Å². The first-order chi connectivity index (χ1) is 11.1. The van der Waals surface area contributed by atoms with Crippen molar-refractivity contribution in [2.24, 2.45) is 5.92 Å². The molecule has 0 aliphatic carbocycles. The molecule has 2 rings (SSSR count). The van der Waals surface area contributed by atoms with Gasteiger partial charge in [0.15, 0.2) is 0 Å². The molecule has 128 valence electrons. The van der Waals surface area contributed by atoms with Crippen molar-refractivity contribution < 1.29 is 9.90 Å². The molecular weight excluding hydrogens is 292 g/mol. The summed E-state index contributed by atoms with van der Waals surface area (Å²) in [6.45, 7) is 8.13. The predicted octanol–water partition coefficient (Wildman–Crippen LogP) is 1.63. The van der Waals surface area contributed by atoms with Gasteiger partial charge in [0, 0.05) is 57.4 Å². The summed E-state index contributed by atoms with van der Waals surface area (Å²) in [6.07, 6.45) is 5.47. The van der Waals surface area contributed by atoms with E-state index in [4.69, 9.17) is 5.11 Å². The number of carbonyl (C=O) groups is 1. The van der Waals surface area contributed by atoms with Crippen molar-refractivity contribution in [2.75, 3.05) is 44.2 Å². The molecule has 2 N–H and O–H groups in total. The number of nitrogens with zero attached hydrogens (tertiary/aromatic N) is 3. The molecule has 1 saturated heterocycles. The molecule has 1 aromatic heterocycles. The highest BCUT2D eigenvalue weighted by atomic mass is 16.3. The van der Waals surface area contributed by atoms with E-state index >= 15 is 0 Å². The van der Waals surface area contributed by atoms with Crippen molar-refractivity contribution in [1.82, 2.24) is 15.2 Å². The topological polar surface area (TPSA) is 68.7 Å². The number of aryl methyl sites for hydroxylation is 1. The van der Waals surface area contributed by atoms with Gasteiger partial charge in [-0.05, 0) is 37.3 Å². The van der Waals surface area contributed by atoms with Gasteiger partial charge in [0.1, 0.15) is 0 Å². The van der Waals surface area contributed by atoms with Crippen molar-refractivity contribution in [3.8, 4) is 0 Å². The van der Waals surface area contributed by atoms with Crippen LogP contribution in [0.3, 0.4) is 0 Å². The molecule has 0 unspecified atom stereocenters. The van der Waals surface area contributed by atoms with Crippen LogP contribution >= 0.6 is 0 Å². The van der Waals surface area contributed by atoms with E-state index in [1.165, 1.54) is 11.3 Å². The third kappa shape index (κ3) is 5.10. The molecule has 1 aromatic rings. The Morgan fingerprint density at radius 2 is 2.22 bits per heavy atom. The molecule has 0 bridgehead atoms. The second-order valence-electron chi connectivity index (χ2n) is 6.30. The highest BCUT2D eigenvalue weighted by Gasteiger charge is 2.19. The minimum absolute atomic E-state index is 0.00319. The van der Waals surface area contributed by atoms with Crippen LogP contribution in [0.2, 0.25) is 0 Å². The summed E-state index contributed by atoms with van der Waals surface area (Å²) in [5.41, 5.74) is 2.38. The third-order valence-corrected chi connectivity index (χ3v) is 4.34. The fourth-order valence-corrected chi connectivity index (χ4v) is 2.81. The second-order valence-corrected chi connectivity index (χ2v) is 6.30. The SMILES string of the molecule is Cc1cnccc1N1CCCN(C(=O)NCC[C@H](C)CO)CC1. The smallest absolute Gasteiger partial charge is 0.317 e. The lowest BCUT2D eigenvalue weighted by atomic mass is 10.1. The normalized spacial score (nSPS) is 16.8. The van der Waals surface area contributed by atoms with E-state index in [1.54, 1.807) is 0 Å². The van der Waals surface area contributed by atoms with Gasteiger partial charge in [-0.1, -0.05) is 6.92 Å². The van der Waals surface area contributed by atoms with Gasteiger partial charge in [-0.3, -0.25) is 4.98 Å².